The van der Waals surface area contributed by atoms with E-state index < -0.39 is 23.8 Å². The zero-order valence-corrected chi connectivity index (χ0v) is 12.4. The van der Waals surface area contributed by atoms with E-state index in [9.17, 15) is 19.2 Å². The lowest BCUT2D eigenvalue weighted by Crippen LogP contribution is -2.30. The number of carboxylic acid groups (broad SMARTS) is 2. The van der Waals surface area contributed by atoms with Crippen molar-refractivity contribution >= 4 is 23.9 Å². The lowest BCUT2D eigenvalue weighted by Gasteiger charge is -2.19. The lowest BCUT2D eigenvalue weighted by atomic mass is 9.84. The van der Waals surface area contributed by atoms with Gasteiger partial charge in [0.2, 0.25) is 0 Å². The van der Waals surface area contributed by atoms with E-state index >= 15 is 0 Å². The van der Waals surface area contributed by atoms with Gasteiger partial charge in [-0.1, -0.05) is 24.3 Å². The van der Waals surface area contributed by atoms with Crippen LogP contribution in [0.5, 0.6) is 0 Å². The molecular formula is C16H18O7. The largest absolute Gasteiger partial charge is 0.481 e. The van der Waals surface area contributed by atoms with E-state index in [0.717, 1.165) is 12.8 Å². The predicted molar refractivity (Wildman–Crippen MR) is 77.1 cm³/mol. The fourth-order valence-corrected chi connectivity index (χ4v) is 2.95. The SMILES string of the molecule is O=C(O)C1C=CCCC1C(=O)O.O=C1OC(=O)C2CCC=CC12. The van der Waals surface area contributed by atoms with E-state index in [0.29, 0.717) is 12.8 Å². The minimum absolute atomic E-state index is 0.188. The van der Waals surface area contributed by atoms with Gasteiger partial charge in [0.1, 0.15) is 0 Å². The fourth-order valence-electron chi connectivity index (χ4n) is 2.95. The highest BCUT2D eigenvalue weighted by atomic mass is 16.6. The average molecular weight is 322 g/mol. The van der Waals surface area contributed by atoms with Gasteiger partial charge in [0.15, 0.2) is 0 Å². The molecule has 1 saturated heterocycles. The minimum Gasteiger partial charge on any atom is -0.481 e. The Morgan fingerprint density at radius 2 is 1.61 bits per heavy atom. The Balaban J connectivity index is 0.000000167. The van der Waals surface area contributed by atoms with Crippen LogP contribution < -0.4 is 0 Å². The van der Waals surface area contributed by atoms with Crippen LogP contribution in [-0.4, -0.2) is 34.1 Å². The van der Waals surface area contributed by atoms with Crippen molar-refractivity contribution in [3.63, 3.8) is 0 Å². The molecule has 0 saturated carbocycles. The van der Waals surface area contributed by atoms with Gasteiger partial charge >= 0.3 is 23.9 Å². The van der Waals surface area contributed by atoms with E-state index in [2.05, 4.69) is 4.74 Å². The number of carbonyl (C=O) groups excluding carboxylic acids is 2. The molecule has 7 heteroatoms. The molecule has 2 aliphatic carbocycles. The number of carboxylic acids is 2. The maximum absolute atomic E-state index is 10.9. The van der Waals surface area contributed by atoms with E-state index in [1.165, 1.54) is 6.08 Å². The summed E-state index contributed by atoms with van der Waals surface area (Å²) in [5.41, 5.74) is 0. The topological polar surface area (TPSA) is 118 Å². The van der Waals surface area contributed by atoms with E-state index in [-0.39, 0.29) is 23.8 Å². The first kappa shape index (κ1) is 16.9. The van der Waals surface area contributed by atoms with Crippen molar-refractivity contribution in [3.8, 4) is 0 Å². The Hall–Kier alpha value is -2.44. The molecule has 0 aromatic carbocycles. The molecule has 0 spiro atoms. The molecule has 0 radical (unpaired) electrons. The van der Waals surface area contributed by atoms with E-state index in [1.54, 1.807) is 12.2 Å². The second-order valence-electron chi connectivity index (χ2n) is 5.69. The summed E-state index contributed by atoms with van der Waals surface area (Å²) in [5.74, 6) is -4.88. The minimum atomic E-state index is -1.06. The monoisotopic (exact) mass is 322 g/mol. The van der Waals surface area contributed by atoms with Crippen molar-refractivity contribution in [3.05, 3.63) is 24.3 Å². The van der Waals surface area contributed by atoms with Crippen LogP contribution in [0.25, 0.3) is 0 Å². The average Bonchev–Trinajstić information content (AvgIpc) is 2.83. The highest BCUT2D eigenvalue weighted by Crippen LogP contribution is 2.32. The lowest BCUT2D eigenvalue weighted by molar-refractivity contribution is -0.153. The fraction of sp³-hybridized carbons (Fsp3) is 0.500. The third-order valence-corrected chi connectivity index (χ3v) is 4.22. The quantitative estimate of drug-likeness (QED) is 0.448. The molecule has 1 fully saturated rings. The second kappa shape index (κ2) is 7.21. The number of hydrogen-bond acceptors (Lipinski definition) is 5. The normalized spacial score (nSPS) is 31.7. The Morgan fingerprint density at radius 3 is 2.17 bits per heavy atom. The molecule has 7 nitrogen and oxygen atoms in total. The highest BCUT2D eigenvalue weighted by Gasteiger charge is 2.43. The number of carbonyl (C=O) groups is 4. The molecule has 2 N–H and O–H groups in total. The van der Waals surface area contributed by atoms with Crippen molar-refractivity contribution in [2.75, 3.05) is 0 Å². The number of esters is 2. The summed E-state index contributed by atoms with van der Waals surface area (Å²) in [6.07, 6.45) is 9.60. The van der Waals surface area contributed by atoms with Crippen LogP contribution in [0, 0.1) is 23.7 Å². The summed E-state index contributed by atoms with van der Waals surface area (Å²) >= 11 is 0. The molecule has 23 heavy (non-hydrogen) atoms. The maximum Gasteiger partial charge on any atom is 0.321 e. The molecule has 4 unspecified atom stereocenters. The Bertz CT molecular complexity index is 575. The van der Waals surface area contributed by atoms with Crippen molar-refractivity contribution in [1.82, 2.24) is 0 Å². The number of cyclic esters (lactones) is 2. The summed E-state index contributed by atoms with van der Waals surface area (Å²) in [7, 11) is 0. The molecule has 0 amide bonds. The van der Waals surface area contributed by atoms with Crippen LogP contribution in [0.15, 0.2) is 24.3 Å². The van der Waals surface area contributed by atoms with E-state index in [4.69, 9.17) is 10.2 Å². The number of fused-ring (bicyclic) bond motifs is 1. The molecule has 3 rings (SSSR count). The first-order chi connectivity index (χ1) is 10.9. The van der Waals surface area contributed by atoms with Crippen molar-refractivity contribution in [1.29, 1.82) is 0 Å². The first-order valence-corrected chi connectivity index (χ1v) is 7.46. The van der Waals surface area contributed by atoms with Gasteiger partial charge in [0, 0.05) is 0 Å². The van der Waals surface area contributed by atoms with E-state index in [1.807, 2.05) is 6.08 Å². The molecule has 0 bridgehead atoms. The van der Waals surface area contributed by atoms with Gasteiger partial charge in [-0.25, -0.2) is 0 Å². The van der Waals surface area contributed by atoms with Crippen LogP contribution in [0.4, 0.5) is 0 Å². The van der Waals surface area contributed by atoms with Gasteiger partial charge < -0.3 is 14.9 Å². The van der Waals surface area contributed by atoms with Crippen molar-refractivity contribution < 1.29 is 34.1 Å². The number of hydrogen-bond donors (Lipinski definition) is 2. The Kier molecular flexibility index (Phi) is 5.31. The van der Waals surface area contributed by atoms with Gasteiger partial charge in [0.25, 0.3) is 0 Å². The summed E-state index contributed by atoms with van der Waals surface area (Å²) < 4.78 is 4.48. The maximum atomic E-state index is 10.9. The van der Waals surface area contributed by atoms with Gasteiger partial charge in [-0.05, 0) is 25.7 Å². The summed E-state index contributed by atoms with van der Waals surface area (Å²) in [5, 5.41) is 17.3. The van der Waals surface area contributed by atoms with Crippen LogP contribution in [-0.2, 0) is 23.9 Å². The molecule has 3 aliphatic rings. The van der Waals surface area contributed by atoms with Crippen molar-refractivity contribution in [2.24, 2.45) is 23.7 Å². The molecular weight excluding hydrogens is 304 g/mol. The first-order valence-electron chi connectivity index (χ1n) is 7.46. The third kappa shape index (κ3) is 3.85. The van der Waals surface area contributed by atoms with Gasteiger partial charge in [-0.3, -0.25) is 19.2 Å². The standard InChI is InChI=1S/C8H10O4.C8H8O3/c9-7(10)5-3-1-2-4-6(5)8(11)12;9-7-5-3-1-2-4-6(5)8(10)11-7/h1,3,5-6H,2,4H2,(H,9,10)(H,11,12);1,3,5-6H,2,4H2. The van der Waals surface area contributed by atoms with Gasteiger partial charge in [-0.15, -0.1) is 0 Å². The molecule has 124 valence electrons. The van der Waals surface area contributed by atoms with Gasteiger partial charge in [-0.2, -0.15) is 0 Å². The van der Waals surface area contributed by atoms with Gasteiger partial charge in [0.05, 0.1) is 23.7 Å². The summed E-state index contributed by atoms with van der Waals surface area (Å²) in [6.45, 7) is 0. The smallest absolute Gasteiger partial charge is 0.321 e. The zero-order chi connectivity index (χ0) is 17.0. The number of ether oxygens (including phenoxy) is 1. The Morgan fingerprint density at radius 1 is 0.957 bits per heavy atom. The number of allylic oxidation sites excluding steroid dienone is 2. The number of aliphatic carboxylic acids is 2. The molecule has 0 aromatic rings. The third-order valence-electron chi connectivity index (χ3n) is 4.22. The molecule has 1 aliphatic heterocycles. The highest BCUT2D eigenvalue weighted by molar-refractivity contribution is 5.97. The zero-order valence-electron chi connectivity index (χ0n) is 12.4. The van der Waals surface area contributed by atoms with Crippen molar-refractivity contribution in [2.45, 2.75) is 25.7 Å². The van der Waals surface area contributed by atoms with Crippen LogP contribution in [0.2, 0.25) is 0 Å². The Labute approximate surface area is 132 Å². The van der Waals surface area contributed by atoms with Crippen LogP contribution in [0.1, 0.15) is 25.7 Å². The summed E-state index contributed by atoms with van der Waals surface area (Å²) in [6, 6.07) is 0. The van der Waals surface area contributed by atoms with Crippen LogP contribution in [0.3, 0.4) is 0 Å². The predicted octanol–water partition coefficient (Wildman–Crippen LogP) is 1.39. The molecule has 4 atom stereocenters. The molecule has 0 aromatic heterocycles. The molecule has 1 heterocycles. The second-order valence-corrected chi connectivity index (χ2v) is 5.69. The number of rotatable bonds is 2. The van der Waals surface area contributed by atoms with Crippen LogP contribution >= 0.6 is 0 Å². The summed E-state index contributed by atoms with van der Waals surface area (Å²) in [4.78, 5) is 43.0.